The van der Waals surface area contributed by atoms with Crippen LogP contribution in [0.25, 0.3) is 0 Å². The van der Waals surface area contributed by atoms with E-state index in [4.69, 9.17) is 4.74 Å². The molecule has 0 amide bonds. The number of Topliss-reactive ketones (excluding diaryl/α,β-unsaturated/α-hetero) is 2. The van der Waals surface area contributed by atoms with Crippen molar-refractivity contribution in [3.63, 3.8) is 0 Å². The minimum Gasteiger partial charge on any atom is -0.497 e. The van der Waals surface area contributed by atoms with E-state index in [9.17, 15) is 9.59 Å². The van der Waals surface area contributed by atoms with Crippen LogP contribution in [-0.2, 0) is 0 Å². The average molecular weight is 241 g/mol. The Labute approximate surface area is 104 Å². The highest BCUT2D eigenvalue weighted by atomic mass is 16.5. The Kier molecular flexibility index (Phi) is 3.48. The second-order valence-electron chi connectivity index (χ2n) is 3.62. The SMILES string of the molecule is COc1ccc(C(=O)C(=O)c2ccncc2)cc1. The smallest absolute Gasteiger partial charge is 0.233 e. The lowest BCUT2D eigenvalue weighted by Crippen LogP contribution is -2.14. The fourth-order valence-electron chi connectivity index (χ4n) is 1.51. The third kappa shape index (κ3) is 2.43. The number of hydrogen-bond donors (Lipinski definition) is 0. The molecule has 0 saturated heterocycles. The summed E-state index contributed by atoms with van der Waals surface area (Å²) in [6.45, 7) is 0. The molecule has 1 heterocycles. The molecule has 0 N–H and O–H groups in total. The molecule has 2 rings (SSSR count). The lowest BCUT2D eigenvalue weighted by Gasteiger charge is -2.02. The van der Waals surface area contributed by atoms with Gasteiger partial charge in [-0.2, -0.15) is 0 Å². The van der Waals surface area contributed by atoms with Gasteiger partial charge in [-0.3, -0.25) is 14.6 Å². The maximum Gasteiger partial charge on any atom is 0.233 e. The molecular weight excluding hydrogens is 230 g/mol. The van der Waals surface area contributed by atoms with Crippen molar-refractivity contribution in [2.45, 2.75) is 0 Å². The van der Waals surface area contributed by atoms with E-state index in [2.05, 4.69) is 4.98 Å². The zero-order valence-electron chi connectivity index (χ0n) is 9.79. The summed E-state index contributed by atoms with van der Waals surface area (Å²) in [7, 11) is 1.54. The number of aromatic nitrogens is 1. The van der Waals surface area contributed by atoms with Gasteiger partial charge < -0.3 is 4.74 Å². The molecule has 1 aromatic carbocycles. The van der Waals surface area contributed by atoms with E-state index in [1.807, 2.05) is 0 Å². The highest BCUT2D eigenvalue weighted by molar-refractivity contribution is 6.49. The molecule has 1 aromatic heterocycles. The van der Waals surface area contributed by atoms with Gasteiger partial charge in [0.2, 0.25) is 11.6 Å². The summed E-state index contributed by atoms with van der Waals surface area (Å²) in [5.74, 6) is -0.436. The van der Waals surface area contributed by atoms with Crippen molar-refractivity contribution < 1.29 is 14.3 Å². The number of carbonyl (C=O) groups excluding carboxylic acids is 2. The number of rotatable bonds is 4. The van der Waals surface area contributed by atoms with Crippen LogP contribution in [0.2, 0.25) is 0 Å². The van der Waals surface area contributed by atoms with E-state index in [0.717, 1.165) is 0 Å². The lowest BCUT2D eigenvalue weighted by atomic mass is 10.0. The second-order valence-corrected chi connectivity index (χ2v) is 3.62. The third-order valence-corrected chi connectivity index (χ3v) is 2.50. The number of hydrogen-bond acceptors (Lipinski definition) is 4. The largest absolute Gasteiger partial charge is 0.497 e. The first kappa shape index (κ1) is 12.0. The van der Waals surface area contributed by atoms with Crippen molar-refractivity contribution in [3.8, 4) is 5.75 Å². The summed E-state index contributed by atoms with van der Waals surface area (Å²) in [6, 6.07) is 9.47. The highest BCUT2D eigenvalue weighted by Crippen LogP contribution is 2.13. The van der Waals surface area contributed by atoms with Crippen molar-refractivity contribution >= 4 is 11.6 Å². The second kappa shape index (κ2) is 5.23. The van der Waals surface area contributed by atoms with Gasteiger partial charge in [0.05, 0.1) is 7.11 Å². The minimum absolute atomic E-state index is 0.339. The van der Waals surface area contributed by atoms with E-state index in [1.165, 1.54) is 24.5 Å². The number of ether oxygens (including phenoxy) is 1. The normalized spacial score (nSPS) is 9.83. The molecule has 0 saturated carbocycles. The maximum atomic E-state index is 11.9. The van der Waals surface area contributed by atoms with Crippen molar-refractivity contribution in [2.24, 2.45) is 0 Å². The molecule has 0 fully saturated rings. The summed E-state index contributed by atoms with van der Waals surface area (Å²) in [4.78, 5) is 27.6. The lowest BCUT2D eigenvalue weighted by molar-refractivity contribution is 0.0817. The van der Waals surface area contributed by atoms with Gasteiger partial charge in [0, 0.05) is 23.5 Å². The molecule has 0 aliphatic heterocycles. The Morgan fingerprint density at radius 1 is 0.889 bits per heavy atom. The van der Waals surface area contributed by atoms with Gasteiger partial charge in [-0.25, -0.2) is 0 Å². The monoisotopic (exact) mass is 241 g/mol. The van der Waals surface area contributed by atoms with Crippen LogP contribution in [0.5, 0.6) is 5.75 Å². The maximum absolute atomic E-state index is 11.9. The van der Waals surface area contributed by atoms with Gasteiger partial charge in [0.25, 0.3) is 0 Å². The Morgan fingerprint density at radius 2 is 1.39 bits per heavy atom. The van der Waals surface area contributed by atoms with Crippen LogP contribution in [0.3, 0.4) is 0 Å². The van der Waals surface area contributed by atoms with Gasteiger partial charge >= 0.3 is 0 Å². The molecule has 4 nitrogen and oxygen atoms in total. The van der Waals surface area contributed by atoms with Gasteiger partial charge in [0.1, 0.15) is 5.75 Å². The number of carbonyl (C=O) groups is 2. The number of nitrogens with zero attached hydrogens (tertiary/aromatic N) is 1. The number of ketones is 2. The van der Waals surface area contributed by atoms with E-state index < -0.39 is 11.6 Å². The molecule has 2 aromatic rings. The predicted molar refractivity (Wildman–Crippen MR) is 65.9 cm³/mol. The molecule has 0 spiro atoms. The predicted octanol–water partition coefficient (Wildman–Crippen LogP) is 2.16. The van der Waals surface area contributed by atoms with Crippen LogP contribution in [0.4, 0.5) is 0 Å². The highest BCUT2D eigenvalue weighted by Gasteiger charge is 2.17. The molecule has 18 heavy (non-hydrogen) atoms. The van der Waals surface area contributed by atoms with Crippen LogP contribution in [-0.4, -0.2) is 23.7 Å². The Balaban J connectivity index is 2.23. The molecule has 0 unspecified atom stereocenters. The van der Waals surface area contributed by atoms with E-state index in [0.29, 0.717) is 16.9 Å². The van der Waals surface area contributed by atoms with Crippen LogP contribution in [0.1, 0.15) is 20.7 Å². The Morgan fingerprint density at radius 3 is 1.89 bits per heavy atom. The first-order valence-electron chi connectivity index (χ1n) is 5.35. The zero-order chi connectivity index (χ0) is 13.0. The first-order chi connectivity index (χ1) is 8.72. The van der Waals surface area contributed by atoms with E-state index >= 15 is 0 Å². The molecule has 4 heteroatoms. The zero-order valence-corrected chi connectivity index (χ0v) is 9.79. The number of pyridine rings is 1. The van der Waals surface area contributed by atoms with Crippen LogP contribution in [0, 0.1) is 0 Å². The fourth-order valence-corrected chi connectivity index (χ4v) is 1.51. The summed E-state index contributed by atoms with van der Waals surface area (Å²) in [6.07, 6.45) is 2.96. The van der Waals surface area contributed by atoms with E-state index in [-0.39, 0.29) is 0 Å². The van der Waals surface area contributed by atoms with Gasteiger partial charge in [0.15, 0.2) is 0 Å². The molecule has 0 radical (unpaired) electrons. The van der Waals surface area contributed by atoms with Crippen molar-refractivity contribution in [1.29, 1.82) is 0 Å². The summed E-state index contributed by atoms with van der Waals surface area (Å²) < 4.78 is 4.99. The molecular formula is C14H11NO3. The topological polar surface area (TPSA) is 56.3 Å². The molecule has 90 valence electrons. The number of benzene rings is 1. The van der Waals surface area contributed by atoms with Crippen LogP contribution in [0.15, 0.2) is 48.8 Å². The summed E-state index contributed by atoms with van der Waals surface area (Å²) in [5, 5.41) is 0. The van der Waals surface area contributed by atoms with Crippen LogP contribution >= 0.6 is 0 Å². The average Bonchev–Trinajstić information content (AvgIpc) is 2.47. The summed E-state index contributed by atoms with van der Waals surface area (Å²) in [5.41, 5.74) is 0.684. The molecule has 0 aliphatic rings. The van der Waals surface area contributed by atoms with E-state index in [1.54, 1.807) is 31.4 Å². The van der Waals surface area contributed by atoms with Gasteiger partial charge in [-0.1, -0.05) is 0 Å². The molecule has 0 aliphatic carbocycles. The standard InChI is InChI=1S/C14H11NO3/c1-18-12-4-2-10(3-5-12)13(16)14(17)11-6-8-15-9-7-11/h2-9H,1H3. The summed E-state index contributed by atoms with van der Waals surface area (Å²) >= 11 is 0. The van der Waals surface area contributed by atoms with Gasteiger partial charge in [-0.15, -0.1) is 0 Å². The Bertz CT molecular complexity index is 561. The van der Waals surface area contributed by atoms with Crippen molar-refractivity contribution in [2.75, 3.05) is 7.11 Å². The third-order valence-electron chi connectivity index (χ3n) is 2.50. The molecule has 0 atom stereocenters. The number of methoxy groups -OCH3 is 1. The van der Waals surface area contributed by atoms with Crippen molar-refractivity contribution in [1.82, 2.24) is 4.98 Å². The molecule has 0 bridgehead atoms. The fraction of sp³-hybridized carbons (Fsp3) is 0.0714. The minimum atomic E-state index is -0.539. The van der Waals surface area contributed by atoms with Crippen LogP contribution < -0.4 is 4.74 Å². The Hall–Kier alpha value is -2.49. The van der Waals surface area contributed by atoms with Gasteiger partial charge in [-0.05, 0) is 36.4 Å². The first-order valence-corrected chi connectivity index (χ1v) is 5.35. The van der Waals surface area contributed by atoms with Crippen molar-refractivity contribution in [3.05, 3.63) is 59.9 Å². The quantitative estimate of drug-likeness (QED) is 0.608.